The highest BCUT2D eigenvalue weighted by Crippen LogP contribution is 2.36. The number of amides is 1. The highest BCUT2D eigenvalue weighted by atomic mass is 19.1. The number of piperidine rings is 1. The topological polar surface area (TPSA) is 71.0 Å². The summed E-state index contributed by atoms with van der Waals surface area (Å²) in [6.07, 6.45) is 0.794. The average molecular weight is 448 g/mol. The molecule has 0 aliphatic carbocycles. The highest BCUT2D eigenvalue weighted by molar-refractivity contribution is 6.62. The van der Waals surface area contributed by atoms with Gasteiger partial charge in [0, 0.05) is 18.2 Å². The number of hydrogen-bond acceptors (Lipinski definition) is 4. The summed E-state index contributed by atoms with van der Waals surface area (Å²) in [5.41, 5.74) is 0.270. The summed E-state index contributed by atoms with van der Waals surface area (Å²) in [4.78, 5) is 13.5. The van der Waals surface area contributed by atoms with E-state index in [1.807, 2.05) is 39.8 Å². The third-order valence-corrected chi connectivity index (χ3v) is 7.31. The maximum absolute atomic E-state index is 14.9. The zero-order valence-electron chi connectivity index (χ0n) is 20.5. The molecule has 2 N–H and O–H groups in total. The maximum atomic E-state index is 14.9. The lowest BCUT2D eigenvalue weighted by atomic mass is 9.75. The lowest BCUT2D eigenvalue weighted by Gasteiger charge is -2.41. The van der Waals surface area contributed by atoms with Crippen LogP contribution in [0.15, 0.2) is 18.2 Å². The van der Waals surface area contributed by atoms with Crippen molar-refractivity contribution in [2.24, 2.45) is 11.3 Å². The predicted octanol–water partition coefficient (Wildman–Crippen LogP) is 4.02. The first-order valence-electron chi connectivity index (χ1n) is 11.6. The van der Waals surface area contributed by atoms with Gasteiger partial charge in [-0.1, -0.05) is 32.9 Å². The van der Waals surface area contributed by atoms with E-state index in [0.29, 0.717) is 17.6 Å². The molecule has 6 nitrogen and oxygen atoms in total. The number of hydrogen-bond donors (Lipinski definition) is 2. The van der Waals surface area contributed by atoms with Crippen LogP contribution in [-0.4, -0.2) is 53.6 Å². The summed E-state index contributed by atoms with van der Waals surface area (Å²) >= 11 is 0. The van der Waals surface area contributed by atoms with Gasteiger partial charge in [0.25, 0.3) is 0 Å². The number of halogens is 1. The van der Waals surface area contributed by atoms with Gasteiger partial charge in [0.05, 0.1) is 11.2 Å². The minimum Gasteiger partial charge on any atom is -0.465 e. The van der Waals surface area contributed by atoms with Crippen molar-refractivity contribution >= 4 is 18.7 Å². The van der Waals surface area contributed by atoms with Crippen LogP contribution in [0.4, 0.5) is 9.18 Å². The van der Waals surface area contributed by atoms with Crippen LogP contribution in [-0.2, 0) is 15.9 Å². The monoisotopic (exact) mass is 448 g/mol. The molecule has 0 saturated carbocycles. The lowest BCUT2D eigenvalue weighted by Crippen LogP contribution is -2.51. The van der Waals surface area contributed by atoms with Crippen molar-refractivity contribution in [1.82, 2.24) is 10.2 Å². The van der Waals surface area contributed by atoms with Crippen molar-refractivity contribution in [3.63, 3.8) is 0 Å². The van der Waals surface area contributed by atoms with Crippen LogP contribution in [0.5, 0.6) is 0 Å². The molecule has 3 rings (SSSR count). The van der Waals surface area contributed by atoms with Gasteiger partial charge in [-0.15, -0.1) is 0 Å². The Balaban J connectivity index is 1.60. The molecule has 0 bridgehead atoms. The largest absolute Gasteiger partial charge is 0.494 e. The van der Waals surface area contributed by atoms with Crippen molar-refractivity contribution in [3.05, 3.63) is 29.6 Å². The van der Waals surface area contributed by atoms with E-state index in [0.717, 1.165) is 25.9 Å². The van der Waals surface area contributed by atoms with E-state index in [4.69, 9.17) is 9.31 Å². The molecular formula is C24H38BFN2O4. The van der Waals surface area contributed by atoms with Crippen LogP contribution in [0.25, 0.3) is 0 Å². The second-order valence-electron chi connectivity index (χ2n) is 11.3. The second-order valence-corrected chi connectivity index (χ2v) is 11.3. The number of likely N-dealkylation sites (tertiary alicyclic amines) is 1. The van der Waals surface area contributed by atoms with Crippen LogP contribution in [0, 0.1) is 17.2 Å². The fourth-order valence-electron chi connectivity index (χ4n) is 4.68. The summed E-state index contributed by atoms with van der Waals surface area (Å²) in [5.74, 6) is 0.0254. The van der Waals surface area contributed by atoms with Gasteiger partial charge < -0.3 is 19.7 Å². The second kappa shape index (κ2) is 8.95. The number of rotatable bonds is 5. The van der Waals surface area contributed by atoms with E-state index in [9.17, 15) is 14.3 Å². The molecule has 0 spiro atoms. The zero-order chi connectivity index (χ0) is 23.9. The molecule has 2 heterocycles. The number of benzene rings is 1. The molecule has 2 saturated heterocycles. The first-order valence-corrected chi connectivity index (χ1v) is 11.6. The summed E-state index contributed by atoms with van der Waals surface area (Å²) in [5, 5.41) is 12.0. The van der Waals surface area contributed by atoms with Crippen molar-refractivity contribution < 1.29 is 23.6 Å². The fourth-order valence-corrected chi connectivity index (χ4v) is 4.68. The van der Waals surface area contributed by atoms with Crippen molar-refractivity contribution in [1.29, 1.82) is 0 Å². The van der Waals surface area contributed by atoms with E-state index < -0.39 is 24.4 Å². The summed E-state index contributed by atoms with van der Waals surface area (Å²) in [6.45, 7) is 16.3. The predicted molar refractivity (Wildman–Crippen MR) is 125 cm³/mol. The van der Waals surface area contributed by atoms with Gasteiger partial charge in [0.15, 0.2) is 0 Å². The number of nitrogens with one attached hydrogen (secondary N) is 1. The van der Waals surface area contributed by atoms with Crippen molar-refractivity contribution in [3.8, 4) is 0 Å². The molecule has 2 aliphatic rings. The third kappa shape index (κ3) is 5.46. The van der Waals surface area contributed by atoms with Gasteiger partial charge in [0.2, 0.25) is 0 Å². The van der Waals surface area contributed by atoms with Crippen LogP contribution in [0.3, 0.4) is 0 Å². The maximum Gasteiger partial charge on any atom is 0.494 e. The molecule has 2 aliphatic heterocycles. The summed E-state index contributed by atoms with van der Waals surface area (Å²) in [6, 6.07) is 5.14. The summed E-state index contributed by atoms with van der Waals surface area (Å²) < 4.78 is 27.0. The van der Waals surface area contributed by atoms with Gasteiger partial charge in [0.1, 0.15) is 5.82 Å². The first-order chi connectivity index (χ1) is 14.7. The van der Waals surface area contributed by atoms with Gasteiger partial charge in [-0.25, -0.2) is 9.18 Å². The van der Waals surface area contributed by atoms with Gasteiger partial charge in [-0.3, -0.25) is 4.90 Å². The van der Waals surface area contributed by atoms with Crippen LogP contribution >= 0.6 is 0 Å². The minimum absolute atomic E-state index is 0.0990. The molecule has 0 aromatic heterocycles. The molecule has 2 fully saturated rings. The number of nitrogens with zero attached hydrogens (tertiary/aromatic N) is 1. The standard InChI is InChI=1S/C24H38BFN2O4/c1-22(2,3)20(27-21(29)30)16-10-12-28(13-11-16)15-17-8-9-18(14-19(17)26)25-31-23(4,5)24(6,7)32-25/h8-9,14,16,20,27H,10-13,15H2,1-7H3,(H,29,30). The molecule has 1 unspecified atom stereocenters. The lowest BCUT2D eigenvalue weighted by molar-refractivity contribution is 0.00578. The number of carboxylic acid groups (broad SMARTS) is 1. The van der Waals surface area contributed by atoms with Gasteiger partial charge in [-0.05, 0) is 76.5 Å². The highest BCUT2D eigenvalue weighted by Gasteiger charge is 2.51. The van der Waals surface area contributed by atoms with E-state index in [1.165, 1.54) is 6.07 Å². The van der Waals surface area contributed by atoms with Crippen molar-refractivity contribution in [2.45, 2.75) is 85.1 Å². The molecule has 1 atom stereocenters. The molecule has 1 aromatic rings. The van der Waals surface area contributed by atoms with Crippen molar-refractivity contribution in [2.75, 3.05) is 13.1 Å². The molecule has 0 radical (unpaired) electrons. The quantitative estimate of drug-likeness (QED) is 0.666. The fraction of sp³-hybridized carbons (Fsp3) is 0.708. The van der Waals surface area contributed by atoms with Crippen LogP contribution in [0.1, 0.15) is 66.9 Å². The van der Waals surface area contributed by atoms with E-state index in [-0.39, 0.29) is 23.2 Å². The Kier molecular flexibility index (Phi) is 7.00. The first kappa shape index (κ1) is 25.0. The SMILES string of the molecule is CC(C)(C)C(NC(=O)O)C1CCN(Cc2ccc(B3OC(C)(C)C(C)(C)O3)cc2F)CC1. The molecule has 1 aromatic carbocycles. The van der Waals surface area contributed by atoms with E-state index in [1.54, 1.807) is 0 Å². The Bertz CT molecular complexity index is 816. The molecule has 8 heteroatoms. The van der Waals surface area contributed by atoms with Crippen LogP contribution in [0.2, 0.25) is 0 Å². The molecule has 1 amide bonds. The molecule has 32 heavy (non-hydrogen) atoms. The van der Waals surface area contributed by atoms with Gasteiger partial charge >= 0.3 is 13.2 Å². The zero-order valence-corrected chi connectivity index (χ0v) is 20.5. The Labute approximate surface area is 192 Å². The Morgan fingerprint density at radius 2 is 1.78 bits per heavy atom. The van der Waals surface area contributed by atoms with E-state index in [2.05, 4.69) is 31.0 Å². The third-order valence-electron chi connectivity index (χ3n) is 7.31. The number of carbonyl (C=O) groups is 1. The average Bonchev–Trinajstić information content (AvgIpc) is 2.88. The Morgan fingerprint density at radius 1 is 1.22 bits per heavy atom. The molecule has 178 valence electrons. The normalized spacial score (nSPS) is 22.7. The molecular weight excluding hydrogens is 410 g/mol. The minimum atomic E-state index is -0.975. The Morgan fingerprint density at radius 3 is 2.25 bits per heavy atom. The Hall–Kier alpha value is -1.64. The smallest absolute Gasteiger partial charge is 0.465 e. The van der Waals surface area contributed by atoms with Gasteiger partial charge in [-0.2, -0.15) is 0 Å². The van der Waals surface area contributed by atoms with Crippen LogP contribution < -0.4 is 10.8 Å². The van der Waals surface area contributed by atoms with E-state index >= 15 is 0 Å². The summed E-state index contributed by atoms with van der Waals surface area (Å²) in [7, 11) is -0.574.